The van der Waals surface area contributed by atoms with Crippen LogP contribution < -0.4 is 10.1 Å². The van der Waals surface area contributed by atoms with Gasteiger partial charge in [0.15, 0.2) is 0 Å². The number of ether oxygens (including phenoxy) is 1. The highest BCUT2D eigenvalue weighted by Crippen LogP contribution is 2.35. The molecule has 1 saturated carbocycles. The molecule has 5 nitrogen and oxygen atoms in total. The predicted molar refractivity (Wildman–Crippen MR) is 82.0 cm³/mol. The summed E-state index contributed by atoms with van der Waals surface area (Å²) in [6, 6.07) is 6.73. The zero-order valence-corrected chi connectivity index (χ0v) is 12.8. The lowest BCUT2D eigenvalue weighted by Crippen LogP contribution is -2.56. The van der Waals surface area contributed by atoms with Crippen LogP contribution in [0.3, 0.4) is 0 Å². The third kappa shape index (κ3) is 3.74. The summed E-state index contributed by atoms with van der Waals surface area (Å²) in [5.41, 5.74) is 0.500. The Morgan fingerprint density at radius 1 is 1.38 bits per heavy atom. The predicted octanol–water partition coefficient (Wildman–Crippen LogP) is 1.84. The molecule has 1 aromatic carbocycles. The highest BCUT2D eigenvalue weighted by molar-refractivity contribution is 5.90. The van der Waals surface area contributed by atoms with Crippen LogP contribution in [-0.4, -0.2) is 55.3 Å². The number of benzene rings is 1. The minimum Gasteiger partial charge on any atom is -0.491 e. The molecule has 0 aromatic heterocycles. The van der Waals surface area contributed by atoms with E-state index in [0.29, 0.717) is 24.4 Å². The van der Waals surface area contributed by atoms with Crippen LogP contribution in [0.4, 0.5) is 0 Å². The van der Waals surface area contributed by atoms with Crippen molar-refractivity contribution >= 4 is 5.97 Å². The van der Waals surface area contributed by atoms with Crippen molar-refractivity contribution in [3.63, 3.8) is 0 Å². The number of likely N-dealkylation sites (N-methyl/N-ethyl adjacent to an activating group) is 1. The molecule has 2 rings (SSSR count). The third-order valence-corrected chi connectivity index (χ3v) is 4.34. The average Bonchev–Trinajstić information content (AvgIpc) is 2.40. The molecule has 0 radical (unpaired) electrons. The van der Waals surface area contributed by atoms with Gasteiger partial charge in [0.1, 0.15) is 17.9 Å². The topological polar surface area (TPSA) is 61.8 Å². The third-order valence-electron chi connectivity index (χ3n) is 4.34. The standard InChI is InChI=1S/C16H24N2O3/c1-18(2)16(8-5-9-16)12-17-10-11-21-14-7-4-3-6-13(14)15(19)20/h3-4,6-7,17H,5,8-12H2,1-2H3,(H,19,20). The maximum absolute atomic E-state index is 11.1. The van der Waals surface area contributed by atoms with Gasteiger partial charge in [-0.05, 0) is 45.5 Å². The van der Waals surface area contributed by atoms with Crippen molar-refractivity contribution < 1.29 is 14.6 Å². The van der Waals surface area contributed by atoms with Crippen molar-refractivity contribution in [2.75, 3.05) is 33.8 Å². The largest absolute Gasteiger partial charge is 0.491 e. The van der Waals surface area contributed by atoms with E-state index >= 15 is 0 Å². The molecule has 1 aliphatic rings. The maximum atomic E-state index is 11.1. The summed E-state index contributed by atoms with van der Waals surface area (Å²) in [6.07, 6.45) is 3.76. The van der Waals surface area contributed by atoms with Gasteiger partial charge in [-0.1, -0.05) is 12.1 Å². The van der Waals surface area contributed by atoms with Crippen molar-refractivity contribution in [3.8, 4) is 5.75 Å². The molecule has 5 heteroatoms. The Labute approximate surface area is 125 Å². The van der Waals surface area contributed by atoms with Gasteiger partial charge in [0.2, 0.25) is 0 Å². The number of nitrogens with one attached hydrogen (secondary N) is 1. The average molecular weight is 292 g/mol. The number of rotatable bonds is 8. The molecule has 0 heterocycles. The summed E-state index contributed by atoms with van der Waals surface area (Å²) in [6.45, 7) is 2.13. The van der Waals surface area contributed by atoms with E-state index in [4.69, 9.17) is 9.84 Å². The Kier molecular flexibility index (Phi) is 5.20. The monoisotopic (exact) mass is 292 g/mol. The quantitative estimate of drug-likeness (QED) is 0.716. The van der Waals surface area contributed by atoms with Gasteiger partial charge in [-0.2, -0.15) is 0 Å². The van der Waals surface area contributed by atoms with E-state index in [0.717, 1.165) is 6.54 Å². The van der Waals surface area contributed by atoms with Gasteiger partial charge in [-0.3, -0.25) is 0 Å². The molecule has 0 unspecified atom stereocenters. The number of aromatic carboxylic acids is 1. The van der Waals surface area contributed by atoms with Gasteiger partial charge in [0, 0.05) is 18.6 Å². The SMILES string of the molecule is CN(C)C1(CNCCOc2ccccc2C(=O)O)CCC1. The number of carbonyl (C=O) groups is 1. The number of carboxylic acid groups (broad SMARTS) is 1. The van der Waals surface area contributed by atoms with Crippen molar-refractivity contribution in [1.29, 1.82) is 0 Å². The van der Waals surface area contributed by atoms with Crippen LogP contribution in [0.15, 0.2) is 24.3 Å². The summed E-state index contributed by atoms with van der Waals surface area (Å²) in [7, 11) is 4.25. The molecule has 0 aliphatic heterocycles. The summed E-state index contributed by atoms with van der Waals surface area (Å²) in [5.74, 6) is -0.530. The molecule has 1 aromatic rings. The number of para-hydroxylation sites is 1. The summed E-state index contributed by atoms with van der Waals surface area (Å²) in [4.78, 5) is 13.4. The van der Waals surface area contributed by atoms with Crippen molar-refractivity contribution in [2.24, 2.45) is 0 Å². The lowest BCUT2D eigenvalue weighted by molar-refractivity contribution is 0.0593. The highest BCUT2D eigenvalue weighted by Gasteiger charge is 2.38. The van der Waals surface area contributed by atoms with E-state index in [1.807, 2.05) is 0 Å². The number of hydrogen-bond donors (Lipinski definition) is 2. The van der Waals surface area contributed by atoms with Crippen LogP contribution >= 0.6 is 0 Å². The zero-order chi connectivity index (χ0) is 15.3. The van der Waals surface area contributed by atoms with Crippen molar-refractivity contribution in [2.45, 2.75) is 24.8 Å². The number of carboxylic acids is 1. The Hall–Kier alpha value is -1.59. The minimum absolute atomic E-state index is 0.209. The van der Waals surface area contributed by atoms with Gasteiger partial charge in [-0.15, -0.1) is 0 Å². The molecular formula is C16H24N2O3. The second kappa shape index (κ2) is 6.91. The molecule has 0 saturated heterocycles. The maximum Gasteiger partial charge on any atom is 0.339 e. The Bertz CT molecular complexity index is 484. The molecule has 0 amide bonds. The number of hydrogen-bond acceptors (Lipinski definition) is 4. The van der Waals surface area contributed by atoms with E-state index in [1.54, 1.807) is 24.3 Å². The first-order valence-electron chi connectivity index (χ1n) is 7.38. The first kappa shape index (κ1) is 15.8. The fraction of sp³-hybridized carbons (Fsp3) is 0.562. The molecular weight excluding hydrogens is 268 g/mol. The molecule has 0 bridgehead atoms. The fourth-order valence-electron chi connectivity index (χ4n) is 2.69. The first-order chi connectivity index (χ1) is 10.1. The minimum atomic E-state index is -0.959. The second-order valence-corrected chi connectivity index (χ2v) is 5.80. The molecule has 1 aliphatic carbocycles. The highest BCUT2D eigenvalue weighted by atomic mass is 16.5. The van der Waals surface area contributed by atoms with Gasteiger partial charge in [0.05, 0.1) is 0 Å². The molecule has 1 fully saturated rings. The zero-order valence-electron chi connectivity index (χ0n) is 12.8. The van der Waals surface area contributed by atoms with Gasteiger partial charge >= 0.3 is 5.97 Å². The van der Waals surface area contributed by atoms with Crippen molar-refractivity contribution in [3.05, 3.63) is 29.8 Å². The van der Waals surface area contributed by atoms with Crippen LogP contribution in [-0.2, 0) is 0 Å². The second-order valence-electron chi connectivity index (χ2n) is 5.80. The van der Waals surface area contributed by atoms with Crippen LogP contribution in [0, 0.1) is 0 Å². The molecule has 21 heavy (non-hydrogen) atoms. The smallest absolute Gasteiger partial charge is 0.339 e. The molecule has 0 atom stereocenters. The number of nitrogens with zero attached hydrogens (tertiary/aromatic N) is 1. The Morgan fingerprint density at radius 3 is 2.67 bits per heavy atom. The van der Waals surface area contributed by atoms with E-state index in [1.165, 1.54) is 19.3 Å². The molecule has 0 spiro atoms. The fourth-order valence-corrected chi connectivity index (χ4v) is 2.69. The molecule has 2 N–H and O–H groups in total. The van der Waals surface area contributed by atoms with Crippen LogP contribution in [0.5, 0.6) is 5.75 Å². The van der Waals surface area contributed by atoms with Gasteiger partial charge < -0.3 is 20.1 Å². The lowest BCUT2D eigenvalue weighted by atomic mass is 9.75. The van der Waals surface area contributed by atoms with E-state index in [-0.39, 0.29) is 5.56 Å². The lowest BCUT2D eigenvalue weighted by Gasteiger charge is -2.47. The summed E-state index contributed by atoms with van der Waals surface area (Å²) < 4.78 is 5.57. The van der Waals surface area contributed by atoms with Crippen LogP contribution in [0.1, 0.15) is 29.6 Å². The van der Waals surface area contributed by atoms with Crippen LogP contribution in [0.25, 0.3) is 0 Å². The van der Waals surface area contributed by atoms with Gasteiger partial charge in [0.25, 0.3) is 0 Å². The summed E-state index contributed by atoms with van der Waals surface area (Å²) in [5, 5.41) is 12.5. The summed E-state index contributed by atoms with van der Waals surface area (Å²) >= 11 is 0. The Morgan fingerprint density at radius 2 is 2.10 bits per heavy atom. The van der Waals surface area contributed by atoms with Crippen molar-refractivity contribution in [1.82, 2.24) is 10.2 Å². The molecule has 116 valence electrons. The van der Waals surface area contributed by atoms with Crippen LogP contribution in [0.2, 0.25) is 0 Å². The van der Waals surface area contributed by atoms with E-state index in [9.17, 15) is 4.79 Å². The van der Waals surface area contributed by atoms with Gasteiger partial charge in [-0.25, -0.2) is 4.79 Å². The first-order valence-corrected chi connectivity index (χ1v) is 7.38. The van der Waals surface area contributed by atoms with E-state index in [2.05, 4.69) is 24.3 Å². The Balaban J connectivity index is 1.74. The normalized spacial score (nSPS) is 16.5. The van der Waals surface area contributed by atoms with E-state index < -0.39 is 5.97 Å².